The number of nitro groups is 1. The van der Waals surface area contributed by atoms with Gasteiger partial charge in [-0.25, -0.2) is 0 Å². The number of hydrogen-bond acceptors (Lipinski definition) is 4. The van der Waals surface area contributed by atoms with Gasteiger partial charge in [0.05, 0.1) is 4.92 Å². The molecule has 1 heterocycles. The Bertz CT molecular complexity index is 792. The van der Waals surface area contributed by atoms with Crippen LogP contribution in [0.2, 0.25) is 0 Å². The second-order valence-electron chi connectivity index (χ2n) is 7.44. The molecular formula is C18H20N2O4. The summed E-state index contributed by atoms with van der Waals surface area (Å²) in [5, 5.41) is 14.0. The highest BCUT2D eigenvalue weighted by molar-refractivity contribution is 6.02. The van der Waals surface area contributed by atoms with Crippen LogP contribution >= 0.6 is 0 Å². The van der Waals surface area contributed by atoms with E-state index in [0.717, 1.165) is 0 Å². The van der Waals surface area contributed by atoms with E-state index in [9.17, 15) is 19.7 Å². The first-order chi connectivity index (χ1) is 11.2. The van der Waals surface area contributed by atoms with E-state index in [1.807, 2.05) is 13.8 Å². The van der Waals surface area contributed by atoms with Gasteiger partial charge in [0.1, 0.15) is 0 Å². The lowest BCUT2D eigenvalue weighted by Gasteiger charge is -2.37. The molecule has 2 aliphatic rings. The summed E-state index contributed by atoms with van der Waals surface area (Å²) in [5.41, 5.74) is 2.35. The van der Waals surface area contributed by atoms with Crippen LogP contribution in [0, 0.1) is 22.5 Å². The van der Waals surface area contributed by atoms with Crippen molar-refractivity contribution in [2.45, 2.75) is 46.0 Å². The highest BCUT2D eigenvalue weighted by atomic mass is 16.6. The average molecular weight is 328 g/mol. The number of benzene rings is 1. The number of nitro benzene ring substituents is 1. The Morgan fingerprint density at radius 3 is 2.62 bits per heavy atom. The minimum Gasteiger partial charge on any atom is -0.329 e. The second kappa shape index (κ2) is 5.54. The van der Waals surface area contributed by atoms with Crippen LogP contribution in [0.3, 0.4) is 0 Å². The normalized spacial score (nSPS) is 22.9. The van der Waals surface area contributed by atoms with Gasteiger partial charge >= 0.3 is 0 Å². The lowest BCUT2D eigenvalue weighted by molar-refractivity contribution is -0.385. The third kappa shape index (κ3) is 2.84. The smallest absolute Gasteiger partial charge is 0.272 e. The highest BCUT2D eigenvalue weighted by Gasteiger charge is 2.40. The molecule has 3 rings (SSSR count). The molecule has 1 aliphatic heterocycles. The van der Waals surface area contributed by atoms with E-state index in [0.29, 0.717) is 35.2 Å². The summed E-state index contributed by atoms with van der Waals surface area (Å²) in [6.07, 6.45) is 1.20. The zero-order chi connectivity index (χ0) is 17.6. The van der Waals surface area contributed by atoms with Gasteiger partial charge in [0.25, 0.3) is 5.69 Å². The van der Waals surface area contributed by atoms with Crippen LogP contribution in [-0.2, 0) is 9.59 Å². The van der Waals surface area contributed by atoms with Crippen LogP contribution in [0.25, 0.3) is 0 Å². The molecule has 0 saturated heterocycles. The second-order valence-corrected chi connectivity index (χ2v) is 7.44. The summed E-state index contributed by atoms with van der Waals surface area (Å²) in [6, 6.07) is 4.96. The number of carbonyl (C=O) groups is 2. The number of nitrogens with one attached hydrogen (secondary N) is 1. The molecule has 1 aliphatic carbocycles. The summed E-state index contributed by atoms with van der Waals surface area (Å²) in [7, 11) is 0. The summed E-state index contributed by atoms with van der Waals surface area (Å²) >= 11 is 0. The Hall–Kier alpha value is -2.50. The van der Waals surface area contributed by atoms with Gasteiger partial charge in [-0.05, 0) is 24.3 Å². The van der Waals surface area contributed by atoms with Gasteiger partial charge < -0.3 is 5.32 Å². The molecule has 0 saturated carbocycles. The Kier molecular flexibility index (Phi) is 3.78. The van der Waals surface area contributed by atoms with Gasteiger partial charge in [-0.2, -0.15) is 0 Å². The zero-order valence-electron chi connectivity index (χ0n) is 14.0. The SMILES string of the molecule is Cc1ccc(C2CC(=O)NC3=C2C(=O)CC(C)(C)C3)cc1[N+](=O)[O-]. The number of nitrogens with zero attached hydrogens (tertiary/aromatic N) is 1. The molecule has 6 nitrogen and oxygen atoms in total. The van der Waals surface area contributed by atoms with E-state index in [2.05, 4.69) is 5.32 Å². The summed E-state index contributed by atoms with van der Waals surface area (Å²) in [6.45, 7) is 5.68. The Morgan fingerprint density at radius 2 is 1.96 bits per heavy atom. The molecule has 126 valence electrons. The first-order valence-electron chi connectivity index (χ1n) is 7.99. The number of hydrogen-bond donors (Lipinski definition) is 1. The van der Waals surface area contributed by atoms with E-state index in [4.69, 9.17) is 0 Å². The van der Waals surface area contributed by atoms with E-state index < -0.39 is 10.8 Å². The Labute approximate surface area is 140 Å². The number of aryl methyl sites for hydroxylation is 1. The largest absolute Gasteiger partial charge is 0.329 e. The van der Waals surface area contributed by atoms with Crippen molar-refractivity contribution in [2.24, 2.45) is 5.41 Å². The quantitative estimate of drug-likeness (QED) is 0.667. The molecule has 1 amide bonds. The van der Waals surface area contributed by atoms with Crippen molar-refractivity contribution in [3.8, 4) is 0 Å². The van der Waals surface area contributed by atoms with Gasteiger partial charge in [-0.1, -0.05) is 26.0 Å². The predicted molar refractivity (Wildman–Crippen MR) is 88.4 cm³/mol. The fraction of sp³-hybridized carbons (Fsp3) is 0.444. The molecule has 0 spiro atoms. The summed E-state index contributed by atoms with van der Waals surface area (Å²) in [5.74, 6) is -0.529. The Morgan fingerprint density at radius 1 is 1.25 bits per heavy atom. The number of ketones is 1. The molecule has 1 N–H and O–H groups in total. The Balaban J connectivity index is 2.10. The number of carbonyl (C=O) groups excluding carboxylic acids is 2. The van der Waals surface area contributed by atoms with Gasteiger partial charge in [-0.15, -0.1) is 0 Å². The molecular weight excluding hydrogens is 308 g/mol. The fourth-order valence-corrected chi connectivity index (χ4v) is 3.68. The molecule has 1 aromatic rings. The number of rotatable bonds is 2. The standard InChI is InChI=1S/C18H20N2O4/c1-10-4-5-11(6-14(10)20(23)24)12-7-16(22)19-13-8-18(2,3)9-15(21)17(12)13/h4-6,12H,7-9H2,1-3H3,(H,19,22). The van der Waals surface area contributed by atoms with E-state index in [1.54, 1.807) is 19.1 Å². The number of allylic oxidation sites excluding steroid dienone is 2. The van der Waals surface area contributed by atoms with Crippen molar-refractivity contribution in [2.75, 3.05) is 0 Å². The van der Waals surface area contributed by atoms with Gasteiger partial charge in [0.2, 0.25) is 5.91 Å². The van der Waals surface area contributed by atoms with Crippen LogP contribution in [0.4, 0.5) is 5.69 Å². The predicted octanol–water partition coefficient (Wildman–Crippen LogP) is 3.15. The van der Waals surface area contributed by atoms with Crippen molar-refractivity contribution in [1.82, 2.24) is 5.32 Å². The number of amides is 1. The van der Waals surface area contributed by atoms with Gasteiger partial charge in [0.15, 0.2) is 5.78 Å². The van der Waals surface area contributed by atoms with Crippen LogP contribution in [-0.4, -0.2) is 16.6 Å². The molecule has 0 radical (unpaired) electrons. The van der Waals surface area contributed by atoms with Crippen LogP contribution in [0.1, 0.15) is 50.2 Å². The lowest BCUT2D eigenvalue weighted by Crippen LogP contribution is -2.40. The molecule has 6 heteroatoms. The maximum Gasteiger partial charge on any atom is 0.272 e. The minimum atomic E-state index is -0.428. The van der Waals surface area contributed by atoms with Crippen molar-refractivity contribution in [3.63, 3.8) is 0 Å². The van der Waals surface area contributed by atoms with E-state index in [1.165, 1.54) is 6.07 Å². The van der Waals surface area contributed by atoms with Crippen LogP contribution in [0.5, 0.6) is 0 Å². The topological polar surface area (TPSA) is 89.3 Å². The average Bonchev–Trinajstić information content (AvgIpc) is 2.44. The summed E-state index contributed by atoms with van der Waals surface area (Å²) < 4.78 is 0. The van der Waals surface area contributed by atoms with Gasteiger partial charge in [-0.3, -0.25) is 19.7 Å². The van der Waals surface area contributed by atoms with E-state index >= 15 is 0 Å². The van der Waals surface area contributed by atoms with Crippen LogP contribution in [0.15, 0.2) is 29.5 Å². The molecule has 1 aromatic carbocycles. The third-order valence-corrected chi connectivity index (χ3v) is 4.78. The first kappa shape index (κ1) is 16.4. The third-order valence-electron chi connectivity index (χ3n) is 4.78. The fourth-order valence-electron chi connectivity index (χ4n) is 3.68. The maximum atomic E-state index is 12.7. The zero-order valence-corrected chi connectivity index (χ0v) is 14.0. The molecule has 0 fully saturated rings. The van der Waals surface area contributed by atoms with Crippen LogP contribution < -0.4 is 5.32 Å². The van der Waals surface area contributed by atoms with Crippen molar-refractivity contribution in [1.29, 1.82) is 0 Å². The monoisotopic (exact) mass is 328 g/mol. The molecule has 24 heavy (non-hydrogen) atoms. The van der Waals surface area contributed by atoms with Crippen molar-refractivity contribution in [3.05, 3.63) is 50.7 Å². The molecule has 1 unspecified atom stereocenters. The molecule has 0 aromatic heterocycles. The highest BCUT2D eigenvalue weighted by Crippen LogP contribution is 2.44. The lowest BCUT2D eigenvalue weighted by atomic mass is 9.70. The van der Waals surface area contributed by atoms with Gasteiger partial charge in [0, 0.05) is 41.7 Å². The minimum absolute atomic E-state index is 0.0178. The first-order valence-corrected chi connectivity index (χ1v) is 7.99. The maximum absolute atomic E-state index is 12.7. The molecule has 1 atom stereocenters. The molecule has 0 bridgehead atoms. The van der Waals surface area contributed by atoms with Crippen molar-refractivity contribution < 1.29 is 14.5 Å². The van der Waals surface area contributed by atoms with E-state index in [-0.39, 0.29) is 29.2 Å². The number of Topliss-reactive ketones (excluding diaryl/α,β-unsaturated/α-hetero) is 1. The summed E-state index contributed by atoms with van der Waals surface area (Å²) in [4.78, 5) is 35.6. The van der Waals surface area contributed by atoms with Crippen molar-refractivity contribution >= 4 is 17.4 Å².